The summed E-state index contributed by atoms with van der Waals surface area (Å²) in [5, 5.41) is 21.3. The predicted molar refractivity (Wildman–Crippen MR) is 78.1 cm³/mol. The SMILES string of the molecule is CC(C)(CNC(=O)O)CNS(=O)(=O)c1ccc([N+](=O)[O-])cc1. The van der Waals surface area contributed by atoms with Gasteiger partial charge in [0.1, 0.15) is 0 Å². The summed E-state index contributed by atoms with van der Waals surface area (Å²) in [5.74, 6) is 0. The van der Waals surface area contributed by atoms with Crippen LogP contribution in [0.2, 0.25) is 0 Å². The minimum atomic E-state index is -3.82. The number of nitrogens with one attached hydrogen (secondary N) is 2. The van der Waals surface area contributed by atoms with Crippen LogP contribution in [0.4, 0.5) is 10.5 Å². The van der Waals surface area contributed by atoms with Crippen molar-refractivity contribution in [2.24, 2.45) is 5.41 Å². The molecule has 0 aliphatic heterocycles. The van der Waals surface area contributed by atoms with Crippen molar-refractivity contribution in [3.63, 3.8) is 0 Å². The average molecular weight is 331 g/mol. The molecule has 1 aromatic carbocycles. The summed E-state index contributed by atoms with van der Waals surface area (Å²) in [6.07, 6.45) is -1.19. The monoisotopic (exact) mass is 331 g/mol. The maximum absolute atomic E-state index is 12.1. The molecule has 0 aromatic heterocycles. The van der Waals surface area contributed by atoms with Gasteiger partial charge >= 0.3 is 6.09 Å². The highest BCUT2D eigenvalue weighted by atomic mass is 32.2. The second-order valence-corrected chi connectivity index (χ2v) is 7.17. The summed E-state index contributed by atoms with van der Waals surface area (Å²) >= 11 is 0. The molecule has 0 fully saturated rings. The zero-order valence-corrected chi connectivity index (χ0v) is 12.9. The van der Waals surface area contributed by atoms with E-state index in [4.69, 9.17) is 5.11 Å². The maximum Gasteiger partial charge on any atom is 0.404 e. The third-order valence-corrected chi connectivity index (χ3v) is 4.23. The number of carbonyl (C=O) groups is 1. The molecule has 1 rings (SSSR count). The van der Waals surface area contributed by atoms with E-state index in [-0.39, 0.29) is 23.7 Å². The molecule has 1 aromatic rings. The number of hydrogen-bond acceptors (Lipinski definition) is 5. The summed E-state index contributed by atoms with van der Waals surface area (Å²) in [6, 6.07) is 4.49. The molecule has 0 atom stereocenters. The number of nitro groups is 1. The van der Waals surface area contributed by atoms with Gasteiger partial charge in [0.15, 0.2) is 0 Å². The first-order valence-electron chi connectivity index (χ1n) is 6.24. The van der Waals surface area contributed by atoms with Crippen LogP contribution in [0, 0.1) is 15.5 Å². The quantitative estimate of drug-likeness (QED) is 0.506. The number of nitrogens with zero attached hydrogens (tertiary/aromatic N) is 1. The maximum atomic E-state index is 12.1. The van der Waals surface area contributed by atoms with E-state index in [2.05, 4.69) is 10.0 Å². The van der Waals surface area contributed by atoms with E-state index in [1.165, 1.54) is 0 Å². The molecule has 0 radical (unpaired) electrons. The van der Waals surface area contributed by atoms with Crippen molar-refractivity contribution in [2.75, 3.05) is 13.1 Å². The highest BCUT2D eigenvalue weighted by Crippen LogP contribution is 2.17. The number of carboxylic acid groups (broad SMARTS) is 1. The van der Waals surface area contributed by atoms with E-state index in [0.29, 0.717) is 0 Å². The molecule has 1 amide bonds. The molecule has 3 N–H and O–H groups in total. The largest absolute Gasteiger partial charge is 0.465 e. The van der Waals surface area contributed by atoms with E-state index in [1.54, 1.807) is 13.8 Å². The molecule has 0 aliphatic rings. The Bertz CT molecular complexity index is 654. The Balaban J connectivity index is 2.74. The van der Waals surface area contributed by atoms with Gasteiger partial charge in [0.05, 0.1) is 9.82 Å². The standard InChI is InChI=1S/C12H17N3O6S/c1-12(2,7-13-11(16)17)8-14-22(20,21)10-5-3-9(4-6-10)15(18)19/h3-6,13-14H,7-8H2,1-2H3,(H,16,17). The number of benzene rings is 1. The van der Waals surface area contributed by atoms with Crippen molar-refractivity contribution >= 4 is 21.8 Å². The fraction of sp³-hybridized carbons (Fsp3) is 0.417. The highest BCUT2D eigenvalue weighted by molar-refractivity contribution is 7.89. The van der Waals surface area contributed by atoms with Gasteiger partial charge in [-0.05, 0) is 17.5 Å². The molecule has 0 saturated heterocycles. The fourth-order valence-electron chi connectivity index (χ4n) is 1.50. The van der Waals surface area contributed by atoms with Crippen LogP contribution in [-0.2, 0) is 10.0 Å². The average Bonchev–Trinajstić information content (AvgIpc) is 2.44. The third kappa shape index (κ3) is 5.30. The van der Waals surface area contributed by atoms with E-state index in [0.717, 1.165) is 24.3 Å². The molecule has 9 nitrogen and oxygen atoms in total. The summed E-state index contributed by atoms with van der Waals surface area (Å²) in [6.45, 7) is 3.47. The molecule has 0 saturated carbocycles. The zero-order valence-electron chi connectivity index (χ0n) is 12.1. The first-order chi connectivity index (χ1) is 10.0. The normalized spacial score (nSPS) is 11.9. The van der Waals surface area contributed by atoms with Gasteiger partial charge in [0.2, 0.25) is 10.0 Å². The summed E-state index contributed by atoms with van der Waals surface area (Å²) in [4.78, 5) is 20.3. The van der Waals surface area contributed by atoms with E-state index < -0.39 is 26.5 Å². The Kier molecular flexibility index (Phi) is 5.44. The number of hydrogen-bond donors (Lipinski definition) is 3. The molecule has 0 aliphatic carbocycles. The Labute approximate surface area is 127 Å². The van der Waals surface area contributed by atoms with Crippen LogP contribution in [0.15, 0.2) is 29.2 Å². The minimum absolute atomic E-state index is 0.00655. The van der Waals surface area contributed by atoms with Crippen molar-refractivity contribution in [3.05, 3.63) is 34.4 Å². The molecule has 22 heavy (non-hydrogen) atoms. The topological polar surface area (TPSA) is 139 Å². The van der Waals surface area contributed by atoms with Crippen molar-refractivity contribution in [1.29, 1.82) is 0 Å². The summed E-state index contributed by atoms with van der Waals surface area (Å²) in [5.41, 5.74) is -0.836. The van der Waals surface area contributed by atoms with E-state index >= 15 is 0 Å². The van der Waals surface area contributed by atoms with Crippen molar-refractivity contribution in [2.45, 2.75) is 18.7 Å². The van der Waals surface area contributed by atoms with Crippen molar-refractivity contribution in [3.8, 4) is 0 Å². The second-order valence-electron chi connectivity index (χ2n) is 5.40. The van der Waals surface area contributed by atoms with Crippen LogP contribution in [0.5, 0.6) is 0 Å². The molecule has 10 heteroatoms. The van der Waals surface area contributed by atoms with Gasteiger partial charge in [0, 0.05) is 25.2 Å². The molecular weight excluding hydrogens is 314 g/mol. The highest BCUT2D eigenvalue weighted by Gasteiger charge is 2.23. The van der Waals surface area contributed by atoms with Gasteiger partial charge in [-0.2, -0.15) is 0 Å². The number of sulfonamides is 1. The van der Waals surface area contributed by atoms with Crippen LogP contribution in [0.1, 0.15) is 13.8 Å². The Morgan fingerprint density at radius 1 is 1.27 bits per heavy atom. The number of amides is 1. The number of nitro benzene ring substituents is 1. The van der Waals surface area contributed by atoms with Crippen LogP contribution < -0.4 is 10.0 Å². The Hall–Kier alpha value is -2.20. The zero-order chi connectivity index (χ0) is 17.0. The third-order valence-electron chi connectivity index (χ3n) is 2.82. The second kappa shape index (κ2) is 6.71. The first kappa shape index (κ1) is 17.9. The van der Waals surface area contributed by atoms with Crippen molar-refractivity contribution in [1.82, 2.24) is 10.0 Å². The molecule has 0 unspecified atom stereocenters. The van der Waals surface area contributed by atoms with Crippen LogP contribution in [-0.4, -0.2) is 37.6 Å². The molecule has 0 spiro atoms. The predicted octanol–water partition coefficient (Wildman–Crippen LogP) is 1.17. The van der Waals surface area contributed by atoms with Gasteiger partial charge in [-0.1, -0.05) is 13.8 Å². The van der Waals surface area contributed by atoms with Gasteiger partial charge in [-0.25, -0.2) is 17.9 Å². The molecule has 0 heterocycles. The lowest BCUT2D eigenvalue weighted by Crippen LogP contribution is -2.41. The summed E-state index contributed by atoms with van der Waals surface area (Å²) < 4.78 is 26.5. The van der Waals surface area contributed by atoms with Crippen LogP contribution >= 0.6 is 0 Å². The van der Waals surface area contributed by atoms with Crippen molar-refractivity contribution < 1.29 is 23.2 Å². The lowest BCUT2D eigenvalue weighted by Gasteiger charge is -2.24. The van der Waals surface area contributed by atoms with E-state index in [9.17, 15) is 23.3 Å². The van der Waals surface area contributed by atoms with Crippen LogP contribution in [0.25, 0.3) is 0 Å². The Morgan fingerprint density at radius 2 is 1.82 bits per heavy atom. The summed E-state index contributed by atoms with van der Waals surface area (Å²) in [7, 11) is -3.82. The minimum Gasteiger partial charge on any atom is -0.465 e. The first-order valence-corrected chi connectivity index (χ1v) is 7.73. The number of rotatable bonds is 7. The van der Waals surface area contributed by atoms with Gasteiger partial charge in [0.25, 0.3) is 5.69 Å². The van der Waals surface area contributed by atoms with E-state index in [1.807, 2.05) is 0 Å². The van der Waals surface area contributed by atoms with Crippen LogP contribution in [0.3, 0.4) is 0 Å². The lowest BCUT2D eigenvalue weighted by atomic mass is 9.94. The lowest BCUT2D eigenvalue weighted by molar-refractivity contribution is -0.384. The van der Waals surface area contributed by atoms with Gasteiger partial charge < -0.3 is 10.4 Å². The molecule has 122 valence electrons. The van der Waals surface area contributed by atoms with Gasteiger partial charge in [-0.3, -0.25) is 10.1 Å². The number of non-ortho nitro benzene ring substituents is 1. The van der Waals surface area contributed by atoms with Gasteiger partial charge in [-0.15, -0.1) is 0 Å². The Morgan fingerprint density at radius 3 is 2.27 bits per heavy atom. The molecule has 0 bridgehead atoms. The smallest absolute Gasteiger partial charge is 0.404 e. The molecular formula is C12H17N3O6S. The fourth-order valence-corrected chi connectivity index (χ4v) is 2.74.